The molecule has 1 unspecified atom stereocenters. The molecule has 0 bridgehead atoms. The molecule has 2 fully saturated rings. The summed E-state index contributed by atoms with van der Waals surface area (Å²) in [6.45, 7) is 3.29. The van der Waals surface area contributed by atoms with Crippen LogP contribution in [0.25, 0.3) is 0 Å². The standard InChI is InChI=1S/C17H23N3O3/c21-15-5-1-3-13(9-15)10-16(22)19-7-2-4-14(12-19)20-8-6-18-11-17(20)23/h1,3,5,9,14,18,21H,2,4,6-8,10-12H2. The number of piperidine rings is 1. The van der Waals surface area contributed by atoms with Gasteiger partial charge in [-0.2, -0.15) is 0 Å². The molecule has 2 amide bonds. The first-order valence-corrected chi connectivity index (χ1v) is 8.19. The predicted octanol–water partition coefficient (Wildman–Crippen LogP) is 0.358. The van der Waals surface area contributed by atoms with Crippen LogP contribution in [0.4, 0.5) is 0 Å². The number of hydrogen-bond acceptors (Lipinski definition) is 4. The molecule has 0 spiro atoms. The van der Waals surface area contributed by atoms with Crippen LogP contribution in [0.5, 0.6) is 5.75 Å². The summed E-state index contributed by atoms with van der Waals surface area (Å²) in [4.78, 5) is 28.3. The highest BCUT2D eigenvalue weighted by Crippen LogP contribution is 2.19. The van der Waals surface area contributed by atoms with Crippen molar-refractivity contribution in [3.05, 3.63) is 29.8 Å². The number of likely N-dealkylation sites (tertiary alicyclic amines) is 1. The molecule has 23 heavy (non-hydrogen) atoms. The lowest BCUT2D eigenvalue weighted by molar-refractivity contribution is -0.140. The van der Waals surface area contributed by atoms with Gasteiger partial charge in [0.15, 0.2) is 0 Å². The third kappa shape index (κ3) is 3.82. The van der Waals surface area contributed by atoms with Crippen molar-refractivity contribution in [2.75, 3.05) is 32.7 Å². The van der Waals surface area contributed by atoms with Crippen molar-refractivity contribution >= 4 is 11.8 Å². The van der Waals surface area contributed by atoms with Crippen LogP contribution < -0.4 is 5.32 Å². The quantitative estimate of drug-likeness (QED) is 0.844. The molecule has 0 radical (unpaired) electrons. The molecular weight excluding hydrogens is 294 g/mol. The van der Waals surface area contributed by atoms with E-state index < -0.39 is 0 Å². The van der Waals surface area contributed by atoms with Crippen molar-refractivity contribution < 1.29 is 14.7 Å². The summed E-state index contributed by atoms with van der Waals surface area (Å²) in [5, 5.41) is 12.6. The van der Waals surface area contributed by atoms with Gasteiger partial charge in [0.25, 0.3) is 0 Å². The Hall–Kier alpha value is -2.08. The van der Waals surface area contributed by atoms with E-state index in [2.05, 4.69) is 5.32 Å². The Morgan fingerprint density at radius 1 is 1.35 bits per heavy atom. The average Bonchev–Trinajstić information content (AvgIpc) is 2.55. The number of phenols is 1. The second kappa shape index (κ2) is 7.00. The molecule has 3 rings (SSSR count). The minimum Gasteiger partial charge on any atom is -0.508 e. The Labute approximate surface area is 136 Å². The van der Waals surface area contributed by atoms with Gasteiger partial charge in [0.05, 0.1) is 13.0 Å². The Balaban J connectivity index is 1.61. The number of nitrogens with one attached hydrogen (secondary N) is 1. The first kappa shape index (κ1) is 15.8. The molecule has 2 heterocycles. The third-order valence-electron chi connectivity index (χ3n) is 4.58. The van der Waals surface area contributed by atoms with Gasteiger partial charge in [0.2, 0.25) is 11.8 Å². The maximum atomic E-state index is 12.5. The molecular formula is C17H23N3O3. The van der Waals surface area contributed by atoms with Crippen LogP contribution in [0.2, 0.25) is 0 Å². The Kier molecular flexibility index (Phi) is 4.81. The van der Waals surface area contributed by atoms with E-state index in [0.717, 1.165) is 38.0 Å². The van der Waals surface area contributed by atoms with Crippen LogP contribution in [0.3, 0.4) is 0 Å². The van der Waals surface area contributed by atoms with Crippen molar-refractivity contribution in [2.24, 2.45) is 0 Å². The maximum absolute atomic E-state index is 12.5. The van der Waals surface area contributed by atoms with E-state index in [0.29, 0.717) is 13.1 Å². The Morgan fingerprint density at radius 2 is 2.22 bits per heavy atom. The number of aromatic hydroxyl groups is 1. The minimum absolute atomic E-state index is 0.0582. The number of phenolic OH excluding ortho intramolecular Hbond substituents is 1. The average molecular weight is 317 g/mol. The summed E-state index contributed by atoms with van der Waals surface area (Å²) in [6, 6.07) is 6.95. The number of amides is 2. The van der Waals surface area contributed by atoms with Crippen LogP contribution in [-0.4, -0.2) is 65.5 Å². The molecule has 124 valence electrons. The third-order valence-corrected chi connectivity index (χ3v) is 4.58. The number of piperazine rings is 1. The van der Waals surface area contributed by atoms with Crippen molar-refractivity contribution in [1.82, 2.24) is 15.1 Å². The molecule has 1 atom stereocenters. The van der Waals surface area contributed by atoms with Gasteiger partial charge in [-0.3, -0.25) is 9.59 Å². The minimum atomic E-state index is 0.0582. The van der Waals surface area contributed by atoms with Gasteiger partial charge in [-0.05, 0) is 30.5 Å². The lowest BCUT2D eigenvalue weighted by Crippen LogP contribution is -2.57. The highest BCUT2D eigenvalue weighted by molar-refractivity contribution is 5.80. The molecule has 0 aliphatic carbocycles. The van der Waals surface area contributed by atoms with Gasteiger partial charge in [0.1, 0.15) is 5.75 Å². The lowest BCUT2D eigenvalue weighted by Gasteiger charge is -2.41. The molecule has 0 aromatic heterocycles. The molecule has 1 aromatic rings. The molecule has 6 heteroatoms. The monoisotopic (exact) mass is 317 g/mol. The summed E-state index contributed by atoms with van der Waals surface area (Å²) in [5.41, 5.74) is 0.815. The Morgan fingerprint density at radius 3 is 3.00 bits per heavy atom. The van der Waals surface area contributed by atoms with Gasteiger partial charge in [0, 0.05) is 32.2 Å². The number of rotatable bonds is 3. The zero-order valence-corrected chi connectivity index (χ0v) is 13.2. The van der Waals surface area contributed by atoms with E-state index in [1.54, 1.807) is 18.2 Å². The van der Waals surface area contributed by atoms with E-state index in [9.17, 15) is 14.7 Å². The first-order valence-electron chi connectivity index (χ1n) is 8.19. The molecule has 2 aliphatic rings. The largest absolute Gasteiger partial charge is 0.508 e. The zero-order chi connectivity index (χ0) is 16.2. The van der Waals surface area contributed by atoms with E-state index in [1.807, 2.05) is 15.9 Å². The number of hydrogen-bond donors (Lipinski definition) is 2. The molecule has 2 saturated heterocycles. The van der Waals surface area contributed by atoms with E-state index in [1.165, 1.54) is 0 Å². The van der Waals surface area contributed by atoms with Crippen LogP contribution in [0, 0.1) is 0 Å². The van der Waals surface area contributed by atoms with Gasteiger partial charge in [-0.15, -0.1) is 0 Å². The summed E-state index contributed by atoms with van der Waals surface area (Å²) in [5.74, 6) is 0.365. The van der Waals surface area contributed by atoms with E-state index in [-0.39, 0.29) is 30.0 Å². The second-order valence-corrected chi connectivity index (χ2v) is 6.25. The van der Waals surface area contributed by atoms with Crippen LogP contribution in [-0.2, 0) is 16.0 Å². The molecule has 2 N–H and O–H groups in total. The summed E-state index contributed by atoms with van der Waals surface area (Å²) < 4.78 is 0. The first-order chi connectivity index (χ1) is 11.1. The summed E-state index contributed by atoms with van der Waals surface area (Å²) >= 11 is 0. The number of nitrogens with zero attached hydrogens (tertiary/aromatic N) is 2. The fourth-order valence-electron chi connectivity index (χ4n) is 3.40. The molecule has 0 saturated carbocycles. The van der Waals surface area contributed by atoms with Crippen LogP contribution in [0.15, 0.2) is 24.3 Å². The maximum Gasteiger partial charge on any atom is 0.236 e. The fourth-order valence-corrected chi connectivity index (χ4v) is 3.40. The highest BCUT2D eigenvalue weighted by Gasteiger charge is 2.31. The number of carbonyl (C=O) groups is 2. The van der Waals surface area contributed by atoms with Crippen molar-refractivity contribution in [1.29, 1.82) is 0 Å². The SMILES string of the molecule is O=C(Cc1cccc(O)c1)N1CCCC(N2CCNCC2=O)C1. The van der Waals surface area contributed by atoms with Gasteiger partial charge in [-0.1, -0.05) is 12.1 Å². The second-order valence-electron chi connectivity index (χ2n) is 6.25. The van der Waals surface area contributed by atoms with Gasteiger partial charge >= 0.3 is 0 Å². The topological polar surface area (TPSA) is 72.9 Å². The summed E-state index contributed by atoms with van der Waals surface area (Å²) in [6.07, 6.45) is 2.17. The van der Waals surface area contributed by atoms with Gasteiger partial charge < -0.3 is 20.2 Å². The molecule has 6 nitrogen and oxygen atoms in total. The van der Waals surface area contributed by atoms with Crippen LogP contribution >= 0.6 is 0 Å². The number of carbonyl (C=O) groups excluding carboxylic acids is 2. The normalized spacial score (nSPS) is 22.3. The predicted molar refractivity (Wildman–Crippen MR) is 86.0 cm³/mol. The smallest absolute Gasteiger partial charge is 0.236 e. The fraction of sp³-hybridized carbons (Fsp3) is 0.529. The highest BCUT2D eigenvalue weighted by atomic mass is 16.3. The van der Waals surface area contributed by atoms with E-state index >= 15 is 0 Å². The van der Waals surface area contributed by atoms with Gasteiger partial charge in [-0.25, -0.2) is 0 Å². The number of benzene rings is 1. The molecule has 1 aromatic carbocycles. The van der Waals surface area contributed by atoms with E-state index in [4.69, 9.17) is 0 Å². The molecule has 2 aliphatic heterocycles. The lowest BCUT2D eigenvalue weighted by atomic mass is 10.0. The zero-order valence-electron chi connectivity index (χ0n) is 13.2. The Bertz CT molecular complexity index is 590. The van der Waals surface area contributed by atoms with Crippen molar-refractivity contribution in [3.8, 4) is 5.75 Å². The van der Waals surface area contributed by atoms with Crippen molar-refractivity contribution in [2.45, 2.75) is 25.3 Å². The van der Waals surface area contributed by atoms with Crippen molar-refractivity contribution in [3.63, 3.8) is 0 Å². The van der Waals surface area contributed by atoms with Crippen LogP contribution in [0.1, 0.15) is 18.4 Å². The summed E-state index contributed by atoms with van der Waals surface area (Å²) in [7, 11) is 0.